The molecule has 0 radical (unpaired) electrons. The molecular formula is C13H15ClFN3. The van der Waals surface area contributed by atoms with Gasteiger partial charge in [0.05, 0.1) is 16.9 Å². The van der Waals surface area contributed by atoms with Crippen molar-refractivity contribution in [1.82, 2.24) is 9.66 Å². The number of fused-ring (bicyclic) bond motifs is 1. The molecule has 1 aliphatic rings. The number of aromatic nitrogens is 2. The fraction of sp³-hybridized carbons (Fsp3) is 0.462. The van der Waals surface area contributed by atoms with Gasteiger partial charge in [0.2, 0.25) is 0 Å². The van der Waals surface area contributed by atoms with E-state index in [1.54, 1.807) is 6.07 Å². The molecule has 0 aliphatic carbocycles. The second kappa shape index (κ2) is 4.76. The Morgan fingerprint density at radius 2 is 2.00 bits per heavy atom. The Kier molecular flexibility index (Phi) is 3.12. The molecule has 5 heteroatoms. The van der Waals surface area contributed by atoms with Gasteiger partial charge in [0, 0.05) is 19.2 Å². The molecular weight excluding hydrogens is 253 g/mol. The average molecular weight is 268 g/mol. The first-order valence-corrected chi connectivity index (χ1v) is 6.81. The number of hydrogen-bond donors (Lipinski definition) is 0. The van der Waals surface area contributed by atoms with Crippen LogP contribution in [0.15, 0.2) is 18.2 Å². The molecule has 1 fully saturated rings. The first-order chi connectivity index (χ1) is 8.79. The number of alkyl halides is 1. The highest BCUT2D eigenvalue weighted by Crippen LogP contribution is 2.21. The smallest absolute Gasteiger partial charge is 0.143 e. The summed E-state index contributed by atoms with van der Waals surface area (Å²) in [6.45, 7) is 2.01. The van der Waals surface area contributed by atoms with Crippen molar-refractivity contribution >= 4 is 22.6 Å². The molecule has 0 bridgehead atoms. The van der Waals surface area contributed by atoms with Crippen LogP contribution < -0.4 is 5.01 Å². The fourth-order valence-corrected chi connectivity index (χ4v) is 2.74. The molecule has 18 heavy (non-hydrogen) atoms. The quantitative estimate of drug-likeness (QED) is 0.780. The van der Waals surface area contributed by atoms with E-state index in [4.69, 9.17) is 11.6 Å². The zero-order chi connectivity index (χ0) is 12.5. The normalized spacial score (nSPS) is 16.4. The number of rotatable bonds is 2. The number of halogens is 2. The highest BCUT2D eigenvalue weighted by molar-refractivity contribution is 6.16. The number of imidazole rings is 1. The summed E-state index contributed by atoms with van der Waals surface area (Å²) in [4.78, 5) is 4.42. The summed E-state index contributed by atoms with van der Waals surface area (Å²) in [6, 6.07) is 4.72. The van der Waals surface area contributed by atoms with Crippen LogP contribution in [0.4, 0.5) is 4.39 Å². The second-order valence-electron chi connectivity index (χ2n) is 4.62. The lowest BCUT2D eigenvalue weighted by Gasteiger charge is -2.31. The van der Waals surface area contributed by atoms with Gasteiger partial charge in [0.1, 0.15) is 11.6 Å². The van der Waals surface area contributed by atoms with Crippen molar-refractivity contribution in [3.63, 3.8) is 0 Å². The third-order valence-corrected chi connectivity index (χ3v) is 3.63. The predicted octanol–water partition coefficient (Wildman–Crippen LogP) is 3.04. The van der Waals surface area contributed by atoms with Gasteiger partial charge >= 0.3 is 0 Å². The van der Waals surface area contributed by atoms with Gasteiger partial charge in [-0.05, 0) is 31.4 Å². The highest BCUT2D eigenvalue weighted by Gasteiger charge is 2.18. The molecule has 0 unspecified atom stereocenters. The summed E-state index contributed by atoms with van der Waals surface area (Å²) in [5.41, 5.74) is 1.62. The lowest BCUT2D eigenvalue weighted by molar-refractivity contribution is 0.478. The predicted molar refractivity (Wildman–Crippen MR) is 71.1 cm³/mol. The van der Waals surface area contributed by atoms with Crippen molar-refractivity contribution in [1.29, 1.82) is 0 Å². The molecule has 96 valence electrons. The van der Waals surface area contributed by atoms with Gasteiger partial charge in [-0.15, -0.1) is 11.6 Å². The largest absolute Gasteiger partial charge is 0.311 e. The Morgan fingerprint density at radius 1 is 1.22 bits per heavy atom. The molecule has 3 nitrogen and oxygen atoms in total. The van der Waals surface area contributed by atoms with Gasteiger partial charge in [0.15, 0.2) is 0 Å². The maximum absolute atomic E-state index is 13.2. The third-order valence-electron chi connectivity index (χ3n) is 3.39. The molecule has 1 aliphatic heterocycles. The summed E-state index contributed by atoms with van der Waals surface area (Å²) in [5, 5.41) is 2.26. The van der Waals surface area contributed by atoms with Crippen LogP contribution in [0, 0.1) is 5.82 Å². The molecule has 1 aromatic carbocycles. The highest BCUT2D eigenvalue weighted by atomic mass is 35.5. The SMILES string of the molecule is Fc1ccc2c(c1)nc(CCl)n2N1CCCCC1. The Balaban J connectivity index is 2.12. The van der Waals surface area contributed by atoms with Gasteiger partial charge in [-0.25, -0.2) is 14.1 Å². The topological polar surface area (TPSA) is 21.1 Å². The maximum atomic E-state index is 13.2. The monoisotopic (exact) mass is 267 g/mol. The lowest BCUT2D eigenvalue weighted by atomic mass is 10.2. The minimum absolute atomic E-state index is 0.257. The fourth-order valence-electron chi connectivity index (χ4n) is 2.57. The average Bonchev–Trinajstić information content (AvgIpc) is 2.77. The zero-order valence-electron chi connectivity index (χ0n) is 10.1. The van der Waals surface area contributed by atoms with Gasteiger partial charge in [-0.1, -0.05) is 0 Å². The van der Waals surface area contributed by atoms with Crippen LogP contribution in [0.25, 0.3) is 11.0 Å². The minimum Gasteiger partial charge on any atom is -0.311 e. The van der Waals surface area contributed by atoms with Gasteiger partial charge in [-0.2, -0.15) is 0 Å². The molecule has 3 rings (SSSR count). The van der Waals surface area contributed by atoms with E-state index in [2.05, 4.69) is 14.7 Å². The van der Waals surface area contributed by atoms with E-state index in [-0.39, 0.29) is 5.82 Å². The molecule has 0 atom stereocenters. The first kappa shape index (κ1) is 11.8. The van der Waals surface area contributed by atoms with Crippen molar-refractivity contribution in [3.8, 4) is 0 Å². The number of benzene rings is 1. The first-order valence-electron chi connectivity index (χ1n) is 6.27. The van der Waals surface area contributed by atoms with E-state index in [9.17, 15) is 4.39 Å². The lowest BCUT2D eigenvalue weighted by Crippen LogP contribution is -2.39. The zero-order valence-corrected chi connectivity index (χ0v) is 10.8. The van der Waals surface area contributed by atoms with E-state index in [1.165, 1.54) is 31.4 Å². The van der Waals surface area contributed by atoms with Crippen molar-refractivity contribution in [2.75, 3.05) is 18.1 Å². The van der Waals surface area contributed by atoms with E-state index in [1.807, 2.05) is 0 Å². The molecule has 1 saturated heterocycles. The Morgan fingerprint density at radius 3 is 2.72 bits per heavy atom. The summed E-state index contributed by atoms with van der Waals surface area (Å²) in [5.74, 6) is 0.873. The van der Waals surface area contributed by atoms with Crippen molar-refractivity contribution in [2.24, 2.45) is 0 Å². The van der Waals surface area contributed by atoms with Crippen molar-refractivity contribution in [2.45, 2.75) is 25.1 Å². The van der Waals surface area contributed by atoms with Crippen LogP contribution in [0.2, 0.25) is 0 Å². The summed E-state index contributed by atoms with van der Waals surface area (Å²) < 4.78 is 15.3. The second-order valence-corrected chi connectivity index (χ2v) is 4.89. The van der Waals surface area contributed by atoms with Crippen LogP contribution in [0.5, 0.6) is 0 Å². The molecule has 1 aromatic heterocycles. The van der Waals surface area contributed by atoms with Crippen LogP contribution in [-0.4, -0.2) is 22.7 Å². The molecule has 2 heterocycles. The van der Waals surface area contributed by atoms with Crippen LogP contribution >= 0.6 is 11.6 Å². The molecule has 0 N–H and O–H groups in total. The van der Waals surface area contributed by atoms with E-state index in [0.717, 1.165) is 24.4 Å². The van der Waals surface area contributed by atoms with Crippen LogP contribution in [-0.2, 0) is 5.88 Å². The Bertz CT molecular complexity index is 561. The molecule has 2 aromatic rings. The Labute approximate surface area is 110 Å². The minimum atomic E-state index is -0.257. The standard InChI is InChI=1S/C13H15ClFN3/c14-9-13-16-11-8-10(15)4-5-12(11)18(13)17-6-2-1-3-7-17/h4-5,8H,1-3,6-7,9H2. The van der Waals surface area contributed by atoms with E-state index >= 15 is 0 Å². The van der Waals surface area contributed by atoms with Gasteiger partial charge in [0.25, 0.3) is 0 Å². The van der Waals surface area contributed by atoms with E-state index < -0.39 is 0 Å². The van der Waals surface area contributed by atoms with Crippen LogP contribution in [0.1, 0.15) is 25.1 Å². The van der Waals surface area contributed by atoms with Crippen molar-refractivity contribution < 1.29 is 4.39 Å². The van der Waals surface area contributed by atoms with Gasteiger partial charge < -0.3 is 5.01 Å². The van der Waals surface area contributed by atoms with E-state index in [0.29, 0.717) is 11.4 Å². The third kappa shape index (κ3) is 1.94. The summed E-state index contributed by atoms with van der Waals surface area (Å²) >= 11 is 5.96. The molecule has 0 saturated carbocycles. The summed E-state index contributed by atoms with van der Waals surface area (Å²) in [6.07, 6.45) is 3.64. The number of piperidine rings is 1. The number of hydrogen-bond acceptors (Lipinski definition) is 2. The molecule has 0 spiro atoms. The summed E-state index contributed by atoms with van der Waals surface area (Å²) in [7, 11) is 0. The van der Waals surface area contributed by atoms with Crippen molar-refractivity contribution in [3.05, 3.63) is 29.8 Å². The van der Waals surface area contributed by atoms with Gasteiger partial charge in [-0.3, -0.25) is 0 Å². The molecule has 0 amide bonds. The van der Waals surface area contributed by atoms with Crippen LogP contribution in [0.3, 0.4) is 0 Å². The number of nitrogens with zero attached hydrogens (tertiary/aromatic N) is 3. The Hall–Kier alpha value is -1.29. The maximum Gasteiger partial charge on any atom is 0.143 e.